The molecular weight excluding hydrogens is 247 g/mol. The molecule has 18 heavy (non-hydrogen) atoms. The van der Waals surface area contributed by atoms with E-state index in [9.17, 15) is 4.39 Å². The van der Waals surface area contributed by atoms with Gasteiger partial charge in [0.05, 0.1) is 6.07 Å². The van der Waals surface area contributed by atoms with Crippen LogP contribution < -0.4 is 5.32 Å². The van der Waals surface area contributed by atoms with E-state index in [1.54, 1.807) is 23.9 Å². The number of halogens is 1. The monoisotopic (exact) mass is 266 g/mol. The number of nitrogens with one attached hydrogen (secondary N) is 1. The summed E-state index contributed by atoms with van der Waals surface area (Å²) in [4.78, 5) is 1.07. The summed E-state index contributed by atoms with van der Waals surface area (Å²) in [6.45, 7) is 2.02. The largest absolute Gasteiger partial charge is 0.302 e. The zero-order valence-electron chi connectivity index (χ0n) is 10.9. The number of nitriles is 1. The molecule has 0 aliphatic heterocycles. The number of nitrogens with zero attached hydrogens (tertiary/aromatic N) is 1. The third-order valence-corrected chi connectivity index (χ3v) is 4.22. The molecule has 1 aromatic rings. The van der Waals surface area contributed by atoms with E-state index in [2.05, 4.69) is 11.4 Å². The Labute approximate surface area is 113 Å². The predicted molar refractivity (Wildman–Crippen MR) is 74.1 cm³/mol. The normalized spacial score (nSPS) is 13.9. The van der Waals surface area contributed by atoms with E-state index in [0.717, 1.165) is 29.9 Å². The smallest absolute Gasteiger partial charge is 0.123 e. The molecule has 0 amide bonds. The lowest BCUT2D eigenvalue weighted by molar-refractivity contribution is 0.400. The average molecular weight is 266 g/mol. The molecule has 1 atom stereocenters. The van der Waals surface area contributed by atoms with Gasteiger partial charge in [0.1, 0.15) is 11.4 Å². The Bertz CT molecular complexity index is 393. The summed E-state index contributed by atoms with van der Waals surface area (Å²) >= 11 is 1.70. The van der Waals surface area contributed by atoms with Crippen LogP contribution in [0.4, 0.5) is 4.39 Å². The van der Waals surface area contributed by atoms with Crippen LogP contribution in [0.2, 0.25) is 0 Å². The Kier molecular flexibility index (Phi) is 6.17. The minimum atomic E-state index is -0.399. The molecule has 0 spiro atoms. The molecule has 1 unspecified atom stereocenters. The molecule has 0 saturated carbocycles. The Morgan fingerprint density at radius 3 is 2.56 bits per heavy atom. The summed E-state index contributed by atoms with van der Waals surface area (Å²) in [5, 5.41) is 12.3. The quantitative estimate of drug-likeness (QED) is 0.605. The van der Waals surface area contributed by atoms with Gasteiger partial charge in [0.15, 0.2) is 0 Å². The molecule has 0 saturated heterocycles. The van der Waals surface area contributed by atoms with Crippen molar-refractivity contribution in [3.05, 3.63) is 30.1 Å². The van der Waals surface area contributed by atoms with E-state index in [1.807, 2.05) is 14.0 Å². The van der Waals surface area contributed by atoms with Crippen LogP contribution in [0.15, 0.2) is 29.2 Å². The van der Waals surface area contributed by atoms with E-state index in [0.29, 0.717) is 0 Å². The van der Waals surface area contributed by atoms with Crippen LogP contribution in [-0.2, 0) is 0 Å². The predicted octanol–water partition coefficient (Wildman–Crippen LogP) is 3.59. The third-order valence-electron chi connectivity index (χ3n) is 3.13. The fourth-order valence-electron chi connectivity index (χ4n) is 1.76. The van der Waals surface area contributed by atoms with Crippen LogP contribution in [0.5, 0.6) is 0 Å². The topological polar surface area (TPSA) is 35.8 Å². The number of thioether (sulfide) groups is 1. The van der Waals surface area contributed by atoms with Crippen molar-refractivity contribution < 1.29 is 4.39 Å². The molecule has 0 aliphatic rings. The first kappa shape index (κ1) is 15.0. The molecule has 0 aliphatic carbocycles. The molecular formula is C14H19FN2S. The standard InChI is InChI=1S/C14H19FN2S/c1-3-14(11-16,17-2)9-4-10-18-13-7-5-12(15)6-8-13/h5-8,17H,3-4,9-10H2,1-2H3. The van der Waals surface area contributed by atoms with E-state index in [4.69, 9.17) is 5.26 Å². The summed E-state index contributed by atoms with van der Waals surface area (Å²) < 4.78 is 12.7. The molecule has 98 valence electrons. The molecule has 1 rings (SSSR count). The van der Waals surface area contributed by atoms with Crippen molar-refractivity contribution in [3.63, 3.8) is 0 Å². The number of benzene rings is 1. The number of hydrogen-bond donors (Lipinski definition) is 1. The highest BCUT2D eigenvalue weighted by Crippen LogP contribution is 2.22. The van der Waals surface area contributed by atoms with Gasteiger partial charge in [-0.1, -0.05) is 6.92 Å². The van der Waals surface area contributed by atoms with Gasteiger partial charge in [-0.3, -0.25) is 0 Å². The maximum absolute atomic E-state index is 12.7. The molecule has 4 heteroatoms. The van der Waals surface area contributed by atoms with Gasteiger partial charge in [-0.2, -0.15) is 5.26 Å². The van der Waals surface area contributed by atoms with Crippen LogP contribution in [-0.4, -0.2) is 18.3 Å². The van der Waals surface area contributed by atoms with Gasteiger partial charge in [0, 0.05) is 4.90 Å². The zero-order chi connectivity index (χ0) is 13.4. The fourth-order valence-corrected chi connectivity index (χ4v) is 2.62. The van der Waals surface area contributed by atoms with Gasteiger partial charge in [-0.25, -0.2) is 4.39 Å². The molecule has 0 bridgehead atoms. The van der Waals surface area contributed by atoms with Crippen molar-refractivity contribution >= 4 is 11.8 Å². The Morgan fingerprint density at radius 2 is 2.06 bits per heavy atom. The summed E-state index contributed by atoms with van der Waals surface area (Å²) in [5.41, 5.74) is -0.399. The molecule has 2 nitrogen and oxygen atoms in total. The first-order valence-corrected chi connectivity index (χ1v) is 7.13. The highest BCUT2D eigenvalue weighted by molar-refractivity contribution is 7.99. The van der Waals surface area contributed by atoms with E-state index >= 15 is 0 Å². The maximum atomic E-state index is 12.7. The highest BCUT2D eigenvalue weighted by Gasteiger charge is 2.24. The van der Waals surface area contributed by atoms with Crippen LogP contribution in [0, 0.1) is 17.1 Å². The minimum Gasteiger partial charge on any atom is -0.302 e. The Hall–Kier alpha value is -1.05. The fraction of sp³-hybridized carbons (Fsp3) is 0.500. The molecule has 1 N–H and O–H groups in total. The molecule has 0 fully saturated rings. The van der Waals surface area contributed by atoms with E-state index in [-0.39, 0.29) is 5.82 Å². The SMILES string of the molecule is CCC(C#N)(CCCSc1ccc(F)cc1)NC. The number of hydrogen-bond acceptors (Lipinski definition) is 3. The second kappa shape index (κ2) is 7.40. The first-order chi connectivity index (χ1) is 8.65. The second-order valence-corrected chi connectivity index (χ2v) is 5.37. The Balaban J connectivity index is 2.34. The summed E-state index contributed by atoms with van der Waals surface area (Å²) in [6.07, 6.45) is 2.61. The molecule has 0 aromatic heterocycles. The lowest BCUT2D eigenvalue weighted by atomic mass is 9.93. The third kappa shape index (κ3) is 4.32. The van der Waals surface area contributed by atoms with Gasteiger partial charge in [-0.05, 0) is 56.3 Å². The van der Waals surface area contributed by atoms with Gasteiger partial charge < -0.3 is 5.32 Å². The minimum absolute atomic E-state index is 0.205. The van der Waals surface area contributed by atoms with Crippen molar-refractivity contribution in [2.75, 3.05) is 12.8 Å². The van der Waals surface area contributed by atoms with Gasteiger partial charge in [0.25, 0.3) is 0 Å². The first-order valence-electron chi connectivity index (χ1n) is 6.14. The highest BCUT2D eigenvalue weighted by atomic mass is 32.2. The number of rotatable bonds is 7. The lowest BCUT2D eigenvalue weighted by Gasteiger charge is -2.24. The summed E-state index contributed by atoms with van der Waals surface area (Å²) in [6, 6.07) is 8.87. The summed E-state index contributed by atoms with van der Waals surface area (Å²) in [7, 11) is 1.83. The van der Waals surface area contributed by atoms with E-state index in [1.165, 1.54) is 12.1 Å². The van der Waals surface area contributed by atoms with Crippen LogP contribution in [0.3, 0.4) is 0 Å². The van der Waals surface area contributed by atoms with Crippen molar-refractivity contribution in [1.29, 1.82) is 5.26 Å². The second-order valence-electron chi connectivity index (χ2n) is 4.20. The average Bonchev–Trinajstić information content (AvgIpc) is 2.42. The van der Waals surface area contributed by atoms with Crippen molar-refractivity contribution in [3.8, 4) is 6.07 Å². The summed E-state index contributed by atoms with van der Waals surface area (Å²) in [5.74, 6) is 0.737. The Morgan fingerprint density at radius 1 is 1.39 bits per heavy atom. The van der Waals surface area contributed by atoms with Crippen LogP contribution in [0.1, 0.15) is 26.2 Å². The van der Waals surface area contributed by atoms with Gasteiger partial charge in [0.2, 0.25) is 0 Å². The maximum Gasteiger partial charge on any atom is 0.123 e. The molecule has 1 aromatic carbocycles. The van der Waals surface area contributed by atoms with Gasteiger partial charge >= 0.3 is 0 Å². The zero-order valence-corrected chi connectivity index (χ0v) is 11.7. The van der Waals surface area contributed by atoms with Crippen LogP contribution >= 0.6 is 11.8 Å². The lowest BCUT2D eigenvalue weighted by Crippen LogP contribution is -2.40. The van der Waals surface area contributed by atoms with Crippen molar-refractivity contribution in [1.82, 2.24) is 5.32 Å². The molecule has 0 radical (unpaired) electrons. The van der Waals surface area contributed by atoms with Crippen LogP contribution in [0.25, 0.3) is 0 Å². The van der Waals surface area contributed by atoms with Crippen molar-refractivity contribution in [2.24, 2.45) is 0 Å². The molecule has 0 heterocycles. The van der Waals surface area contributed by atoms with Crippen molar-refractivity contribution in [2.45, 2.75) is 36.6 Å². The van der Waals surface area contributed by atoms with Gasteiger partial charge in [-0.15, -0.1) is 11.8 Å². The van der Waals surface area contributed by atoms with E-state index < -0.39 is 5.54 Å².